The normalized spacial score (nSPS) is 18.6. The largest absolute Gasteiger partial charge is 0.693 e. The second-order valence-electron chi connectivity index (χ2n) is 10.7. The number of nitrogens with two attached hydrogens (primary N) is 1. The first-order valence-electron chi connectivity index (χ1n) is 13.9. The molecule has 3 fully saturated rings. The van der Waals surface area contributed by atoms with Gasteiger partial charge in [-0.05, 0) is 56.0 Å². The minimum absolute atomic E-state index is 0. The Morgan fingerprint density at radius 3 is 2.41 bits per heavy atom. The molecule has 3 saturated heterocycles. The van der Waals surface area contributed by atoms with Crippen LogP contribution in [0.15, 0.2) is 30.9 Å². The molecular weight excluding hydrogens is 710 g/mol. The molecule has 1 aromatic carbocycles. The molecule has 4 heterocycles. The molecule has 0 aliphatic carbocycles. The quantitative estimate of drug-likeness (QED) is 0.235. The van der Waals surface area contributed by atoms with Crippen molar-refractivity contribution in [3.63, 3.8) is 0 Å². The van der Waals surface area contributed by atoms with Gasteiger partial charge in [0.2, 0.25) is 5.91 Å². The van der Waals surface area contributed by atoms with Crippen LogP contribution in [0.25, 0.3) is 6.15 Å². The maximum atomic E-state index is 11.8. The molecule has 3 aliphatic rings. The van der Waals surface area contributed by atoms with Crippen LogP contribution >= 0.6 is 12.8 Å². The van der Waals surface area contributed by atoms with E-state index in [4.69, 9.17) is 0 Å². The van der Waals surface area contributed by atoms with Gasteiger partial charge in [0.25, 0.3) is 5.88 Å². The number of carbonyl (C=O) groups is 1. The number of amides is 1. The number of rotatable bonds is 8. The number of anilines is 4. The van der Waals surface area contributed by atoms with E-state index in [2.05, 4.69) is 73.2 Å². The van der Waals surface area contributed by atoms with Crippen molar-refractivity contribution in [2.45, 2.75) is 45.2 Å². The Balaban J connectivity index is 0.00000231. The predicted molar refractivity (Wildman–Crippen MR) is 164 cm³/mol. The summed E-state index contributed by atoms with van der Waals surface area (Å²) in [7, 11) is 0. The van der Waals surface area contributed by atoms with E-state index in [1.54, 1.807) is 4.90 Å². The predicted octanol–water partition coefficient (Wildman–Crippen LogP) is 3.75. The Morgan fingerprint density at radius 1 is 1.12 bits per heavy atom. The summed E-state index contributed by atoms with van der Waals surface area (Å²) in [4.78, 5) is 27.7. The molecule has 2 aromatic rings. The van der Waals surface area contributed by atoms with E-state index in [-0.39, 0.29) is 45.0 Å². The van der Waals surface area contributed by atoms with Gasteiger partial charge in [0.05, 0.1) is 11.7 Å². The van der Waals surface area contributed by atoms with E-state index in [0.717, 1.165) is 45.0 Å². The standard InChI is InChI=1S/C28H40N8O2S.H2N.W/c1-4-23-26(30-21-17-35(18-21)25(37)5-2)32-27(28(38)31-23)29-20-6-7-24(19(3)16-20)34-10-8-22(9-11-34)33-12-14-36(39)15-13-33;;/h5-7,16,21-22,39H,2,4,8-15,17-18H2,1,3H3,(H,31,38)(H2,29,30,32);1H2;/q;-1;. The van der Waals surface area contributed by atoms with Crippen molar-refractivity contribution in [2.75, 3.05) is 67.9 Å². The summed E-state index contributed by atoms with van der Waals surface area (Å²) < 4.78 is 2.11. The van der Waals surface area contributed by atoms with E-state index in [1.807, 2.05) is 13.0 Å². The number of hydrogen-bond donors (Lipinski definition) is 4. The molecule has 0 radical (unpaired) electrons. The molecule has 0 atom stereocenters. The fraction of sp³-hybridized carbons (Fsp3) is 0.536. The number of aryl methyl sites for hydroxylation is 2. The fourth-order valence-corrected chi connectivity index (χ4v) is 5.93. The maximum absolute atomic E-state index is 11.8. The van der Waals surface area contributed by atoms with Gasteiger partial charge in [0.15, 0.2) is 11.6 Å². The zero-order chi connectivity index (χ0) is 27.5. The molecule has 5 N–H and O–H groups in total. The number of nitrogens with zero attached hydrogens (tertiary/aromatic N) is 6. The number of likely N-dealkylation sites (tertiary alicyclic amines) is 1. The first kappa shape index (κ1) is 33.1. The van der Waals surface area contributed by atoms with Crippen LogP contribution in [-0.4, -0.2) is 99.5 Å². The minimum Gasteiger partial charge on any atom is -0.693 e. The zero-order valence-corrected chi connectivity index (χ0v) is 27.7. The number of thiol groups is 1. The molecule has 11 nitrogen and oxygen atoms in total. The molecule has 0 saturated carbocycles. The molecule has 5 rings (SSSR count). The molecule has 13 heteroatoms. The molecule has 0 bridgehead atoms. The summed E-state index contributed by atoms with van der Waals surface area (Å²) in [5.41, 5.74) is 3.97. The van der Waals surface area contributed by atoms with Gasteiger partial charge >= 0.3 is 0 Å². The molecule has 1 amide bonds. The van der Waals surface area contributed by atoms with Gasteiger partial charge in [-0.15, -0.1) is 0 Å². The summed E-state index contributed by atoms with van der Waals surface area (Å²) in [5.74, 6) is 0.734. The number of nitrogens with one attached hydrogen (secondary N) is 2. The van der Waals surface area contributed by atoms with Crippen LogP contribution in [-0.2, 0) is 32.3 Å². The summed E-state index contributed by atoms with van der Waals surface area (Å²) in [6.45, 7) is 15.2. The summed E-state index contributed by atoms with van der Waals surface area (Å²) in [6.07, 6.45) is 4.31. The van der Waals surface area contributed by atoms with Crippen LogP contribution in [0.5, 0.6) is 5.88 Å². The van der Waals surface area contributed by atoms with Gasteiger partial charge in [0.1, 0.15) is 0 Å². The average molecular weight is 753 g/mol. The number of aromatic nitrogens is 2. The van der Waals surface area contributed by atoms with E-state index < -0.39 is 0 Å². The summed E-state index contributed by atoms with van der Waals surface area (Å²) >= 11 is 4.48. The zero-order valence-electron chi connectivity index (χ0n) is 23.9. The Labute approximate surface area is 263 Å². The van der Waals surface area contributed by atoms with Crippen molar-refractivity contribution < 1.29 is 31.0 Å². The van der Waals surface area contributed by atoms with Crippen LogP contribution in [0.3, 0.4) is 0 Å². The van der Waals surface area contributed by atoms with E-state index in [9.17, 15) is 9.90 Å². The van der Waals surface area contributed by atoms with Gasteiger partial charge in [-0.25, -0.2) is 9.97 Å². The van der Waals surface area contributed by atoms with Crippen molar-refractivity contribution in [3.05, 3.63) is 48.3 Å². The number of benzene rings is 1. The van der Waals surface area contributed by atoms with Crippen molar-refractivity contribution >= 4 is 41.7 Å². The van der Waals surface area contributed by atoms with E-state index >= 15 is 0 Å². The Bertz CT molecular complexity index is 1200. The number of piperidine rings is 1. The fourth-order valence-electron chi connectivity index (χ4n) is 5.75. The second kappa shape index (κ2) is 14.7. The smallest absolute Gasteiger partial charge is 0.255 e. The SMILES string of the molecule is C=CC(=O)N1CC(Nc2nc(Nc3ccc(N4CCC(N5CCN(S)CC5)CC4)c(C)c3)c(O)nc2CC)C1.[NH2-].[W]. The second-order valence-corrected chi connectivity index (χ2v) is 11.2. The molecule has 0 spiro atoms. The number of hydrogen-bond acceptors (Lipinski definition) is 10. The van der Waals surface area contributed by atoms with Crippen molar-refractivity contribution in [1.82, 2.24) is 24.1 Å². The minimum atomic E-state index is -0.128. The Hall–Kier alpha value is -2.37. The molecule has 1 aromatic heterocycles. The van der Waals surface area contributed by atoms with Gasteiger partial charge in [-0.2, -0.15) is 0 Å². The average Bonchev–Trinajstić information content (AvgIpc) is 2.92. The number of aromatic hydroxyl groups is 1. The monoisotopic (exact) mass is 752 g/mol. The molecular formula is C28H42N9O2SW-. The molecule has 0 unspecified atom stereocenters. The van der Waals surface area contributed by atoms with Crippen LogP contribution in [0.4, 0.5) is 23.0 Å². The van der Waals surface area contributed by atoms with E-state index in [1.165, 1.54) is 30.2 Å². The third-order valence-corrected chi connectivity index (χ3v) is 8.46. The van der Waals surface area contributed by atoms with Gasteiger partial charge in [-0.1, -0.05) is 26.3 Å². The summed E-state index contributed by atoms with van der Waals surface area (Å²) in [5, 5.41) is 17.2. The third kappa shape index (κ3) is 7.73. The summed E-state index contributed by atoms with van der Waals surface area (Å²) in [6, 6.07) is 7.03. The van der Waals surface area contributed by atoms with Crippen molar-refractivity contribution in [2.24, 2.45) is 0 Å². The topological polar surface area (TPSA) is 134 Å². The van der Waals surface area contributed by atoms with Gasteiger partial charge in [-0.3, -0.25) is 14.0 Å². The van der Waals surface area contributed by atoms with Crippen molar-refractivity contribution in [1.29, 1.82) is 0 Å². The number of piperazine rings is 1. The first-order chi connectivity index (χ1) is 18.8. The third-order valence-electron chi connectivity index (χ3n) is 8.06. The van der Waals surface area contributed by atoms with Crippen molar-refractivity contribution in [3.8, 4) is 5.88 Å². The van der Waals surface area contributed by atoms with E-state index in [0.29, 0.717) is 42.9 Å². The first-order valence-corrected chi connectivity index (χ1v) is 14.3. The number of carbonyl (C=O) groups excluding carboxylic acids is 1. The van der Waals surface area contributed by atoms with Gasteiger partial charge < -0.3 is 31.7 Å². The van der Waals surface area contributed by atoms with Crippen LogP contribution < -0.4 is 15.5 Å². The maximum Gasteiger partial charge on any atom is 0.255 e. The Morgan fingerprint density at radius 2 is 1.80 bits per heavy atom. The Kier molecular flexibility index (Phi) is 11.9. The van der Waals surface area contributed by atoms with Crippen LogP contribution in [0.1, 0.15) is 31.0 Å². The molecule has 41 heavy (non-hydrogen) atoms. The van der Waals surface area contributed by atoms with Gasteiger partial charge in [0, 0.05) is 90.8 Å². The molecule has 3 aliphatic heterocycles. The van der Waals surface area contributed by atoms with Crippen LogP contribution in [0, 0.1) is 6.92 Å². The van der Waals surface area contributed by atoms with Crippen LogP contribution in [0.2, 0.25) is 0 Å². The molecule has 224 valence electrons.